The van der Waals surface area contributed by atoms with E-state index in [4.69, 9.17) is 4.74 Å². The first-order valence-corrected chi connectivity index (χ1v) is 7.90. The largest absolute Gasteiger partial charge is 0.377 e. The van der Waals surface area contributed by atoms with E-state index in [1.807, 2.05) is 13.0 Å². The van der Waals surface area contributed by atoms with Gasteiger partial charge in [-0.15, -0.1) is 0 Å². The van der Waals surface area contributed by atoms with E-state index < -0.39 is 17.9 Å². The average Bonchev–Trinajstić information content (AvgIpc) is 2.61. The van der Waals surface area contributed by atoms with Crippen LogP contribution in [0.25, 0.3) is 0 Å². The Hall–Kier alpha value is -2.73. The number of hydrogen-bond donors (Lipinski definition) is 2. The zero-order chi connectivity index (χ0) is 18.4. The normalized spacial score (nSPS) is 13.0. The van der Waals surface area contributed by atoms with Crippen LogP contribution in [0, 0.1) is 5.82 Å². The third-order valence-electron chi connectivity index (χ3n) is 3.89. The first kappa shape index (κ1) is 18.6. The molecule has 0 aliphatic heterocycles. The molecule has 0 aliphatic rings. The minimum atomic E-state index is -0.767. The Morgan fingerprint density at radius 2 is 1.68 bits per heavy atom. The summed E-state index contributed by atoms with van der Waals surface area (Å²) in [5.74, 6) is -1.89. The van der Waals surface area contributed by atoms with Crippen molar-refractivity contribution in [3.63, 3.8) is 0 Å². The maximum atomic E-state index is 12.9. The van der Waals surface area contributed by atoms with Crippen molar-refractivity contribution in [1.82, 2.24) is 5.32 Å². The summed E-state index contributed by atoms with van der Waals surface area (Å²) in [5, 5.41) is 5.15. The van der Waals surface area contributed by atoms with E-state index in [0.717, 1.165) is 5.56 Å². The van der Waals surface area contributed by atoms with Gasteiger partial charge in [0.1, 0.15) is 5.82 Å². The lowest BCUT2D eigenvalue weighted by atomic mass is 10.1. The molecule has 0 saturated heterocycles. The third-order valence-corrected chi connectivity index (χ3v) is 3.89. The molecular formula is C19H21FN2O3. The molecule has 0 fully saturated rings. The van der Waals surface area contributed by atoms with Crippen molar-refractivity contribution in [2.75, 3.05) is 12.4 Å². The molecular weight excluding hydrogens is 323 g/mol. The molecule has 5 nitrogen and oxygen atoms in total. The Bertz CT molecular complexity index is 747. The van der Waals surface area contributed by atoms with Crippen LogP contribution >= 0.6 is 0 Å². The lowest BCUT2D eigenvalue weighted by Gasteiger charge is -2.15. The second kappa shape index (κ2) is 8.39. The van der Waals surface area contributed by atoms with Gasteiger partial charge < -0.3 is 15.4 Å². The van der Waals surface area contributed by atoms with Gasteiger partial charge in [0.2, 0.25) is 0 Å². The highest BCUT2D eigenvalue weighted by molar-refractivity contribution is 6.39. The van der Waals surface area contributed by atoms with Crippen LogP contribution in [-0.4, -0.2) is 18.9 Å². The minimum Gasteiger partial charge on any atom is -0.377 e. The smallest absolute Gasteiger partial charge is 0.313 e. The molecule has 0 bridgehead atoms. The summed E-state index contributed by atoms with van der Waals surface area (Å²) < 4.78 is 18.2. The van der Waals surface area contributed by atoms with Gasteiger partial charge in [0.15, 0.2) is 0 Å². The first-order chi connectivity index (χ1) is 11.9. The summed E-state index contributed by atoms with van der Waals surface area (Å²) in [7, 11) is 1.60. The van der Waals surface area contributed by atoms with Gasteiger partial charge in [-0.25, -0.2) is 4.39 Å². The van der Waals surface area contributed by atoms with Gasteiger partial charge in [-0.3, -0.25) is 9.59 Å². The number of rotatable bonds is 5. The van der Waals surface area contributed by atoms with Crippen molar-refractivity contribution in [3.05, 3.63) is 65.5 Å². The Morgan fingerprint density at radius 3 is 2.32 bits per heavy atom. The lowest BCUT2D eigenvalue weighted by Crippen LogP contribution is -2.36. The van der Waals surface area contributed by atoms with Crippen molar-refractivity contribution in [1.29, 1.82) is 0 Å². The Morgan fingerprint density at radius 1 is 1.00 bits per heavy atom. The van der Waals surface area contributed by atoms with Gasteiger partial charge in [-0.2, -0.15) is 0 Å². The number of carbonyl (C=O) groups excluding carboxylic acids is 2. The monoisotopic (exact) mass is 344 g/mol. The molecule has 2 amide bonds. The van der Waals surface area contributed by atoms with E-state index in [1.165, 1.54) is 12.1 Å². The zero-order valence-electron chi connectivity index (χ0n) is 14.4. The van der Waals surface area contributed by atoms with Crippen LogP contribution in [0.15, 0.2) is 48.5 Å². The van der Waals surface area contributed by atoms with Gasteiger partial charge in [-0.1, -0.05) is 24.3 Å². The number of halogens is 1. The second-order valence-corrected chi connectivity index (χ2v) is 5.70. The summed E-state index contributed by atoms with van der Waals surface area (Å²) >= 11 is 0. The van der Waals surface area contributed by atoms with E-state index in [0.29, 0.717) is 11.3 Å². The van der Waals surface area contributed by atoms with Crippen LogP contribution in [-0.2, 0) is 14.3 Å². The molecule has 0 aromatic heterocycles. The fourth-order valence-corrected chi connectivity index (χ4v) is 2.29. The molecule has 2 aromatic carbocycles. The minimum absolute atomic E-state index is 0.121. The van der Waals surface area contributed by atoms with Gasteiger partial charge in [0.25, 0.3) is 0 Å². The number of ether oxygens (including phenoxy) is 1. The summed E-state index contributed by atoms with van der Waals surface area (Å²) in [6.45, 7) is 3.61. The number of carbonyl (C=O) groups is 2. The average molecular weight is 344 g/mol. The number of benzene rings is 2. The van der Waals surface area contributed by atoms with E-state index >= 15 is 0 Å². The number of methoxy groups -OCH3 is 1. The molecule has 25 heavy (non-hydrogen) atoms. The number of amides is 2. The number of hydrogen-bond acceptors (Lipinski definition) is 3. The predicted molar refractivity (Wildman–Crippen MR) is 93.5 cm³/mol. The highest BCUT2D eigenvalue weighted by atomic mass is 19.1. The van der Waals surface area contributed by atoms with Crippen LogP contribution in [0.3, 0.4) is 0 Å². The van der Waals surface area contributed by atoms with Crippen LogP contribution in [0.1, 0.15) is 37.1 Å². The van der Waals surface area contributed by atoms with Gasteiger partial charge in [0.05, 0.1) is 12.1 Å². The van der Waals surface area contributed by atoms with Crippen LogP contribution in [0.5, 0.6) is 0 Å². The van der Waals surface area contributed by atoms with Gasteiger partial charge in [0, 0.05) is 12.8 Å². The molecule has 0 radical (unpaired) electrons. The molecule has 2 atom stereocenters. The topological polar surface area (TPSA) is 67.4 Å². The molecule has 6 heteroatoms. The molecule has 0 saturated carbocycles. The van der Waals surface area contributed by atoms with E-state index in [-0.39, 0.29) is 11.9 Å². The number of anilines is 1. The SMILES string of the molecule is CO[C@H](C)c1cccc(NC(=O)C(=O)N[C@H](C)c2ccc(F)cc2)c1. The molecule has 2 rings (SSSR count). The fraction of sp³-hybridized carbons (Fsp3) is 0.263. The molecule has 2 N–H and O–H groups in total. The van der Waals surface area contributed by atoms with E-state index in [2.05, 4.69) is 10.6 Å². The van der Waals surface area contributed by atoms with Crippen LogP contribution in [0.4, 0.5) is 10.1 Å². The highest BCUT2D eigenvalue weighted by Gasteiger charge is 2.17. The molecule has 132 valence electrons. The predicted octanol–water partition coefficient (Wildman–Crippen LogP) is 3.35. The molecule has 0 spiro atoms. The maximum absolute atomic E-state index is 12.9. The summed E-state index contributed by atoms with van der Waals surface area (Å²) in [5.41, 5.74) is 2.11. The quantitative estimate of drug-likeness (QED) is 0.818. The lowest BCUT2D eigenvalue weighted by molar-refractivity contribution is -0.136. The summed E-state index contributed by atoms with van der Waals surface area (Å²) in [6, 6.07) is 12.4. The fourth-order valence-electron chi connectivity index (χ4n) is 2.29. The molecule has 0 aliphatic carbocycles. The van der Waals surface area contributed by atoms with Crippen molar-refractivity contribution in [2.45, 2.75) is 26.0 Å². The van der Waals surface area contributed by atoms with Crippen LogP contribution < -0.4 is 10.6 Å². The van der Waals surface area contributed by atoms with Crippen molar-refractivity contribution in [2.24, 2.45) is 0 Å². The van der Waals surface area contributed by atoms with Crippen molar-refractivity contribution >= 4 is 17.5 Å². The maximum Gasteiger partial charge on any atom is 0.313 e. The summed E-state index contributed by atoms with van der Waals surface area (Å²) in [6.07, 6.45) is -0.121. The standard InChI is InChI=1S/C19H21FN2O3/c1-12(14-7-9-16(20)10-8-14)21-18(23)19(24)22-17-6-4-5-15(11-17)13(2)25-3/h4-13H,1-3H3,(H,21,23)(H,22,24)/t12-,13-/m1/s1. The highest BCUT2D eigenvalue weighted by Crippen LogP contribution is 2.19. The van der Waals surface area contributed by atoms with Crippen LogP contribution in [0.2, 0.25) is 0 Å². The van der Waals surface area contributed by atoms with Crippen molar-refractivity contribution < 1.29 is 18.7 Å². The Balaban J connectivity index is 1.98. The summed E-state index contributed by atoms with van der Waals surface area (Å²) in [4.78, 5) is 24.1. The third kappa shape index (κ3) is 5.12. The zero-order valence-corrected chi connectivity index (χ0v) is 14.4. The van der Waals surface area contributed by atoms with E-state index in [1.54, 1.807) is 44.4 Å². The molecule has 0 unspecified atom stereocenters. The van der Waals surface area contributed by atoms with E-state index in [9.17, 15) is 14.0 Å². The number of nitrogens with one attached hydrogen (secondary N) is 2. The Labute approximate surface area is 146 Å². The van der Waals surface area contributed by atoms with Gasteiger partial charge in [-0.05, 0) is 49.2 Å². The molecule has 0 heterocycles. The second-order valence-electron chi connectivity index (χ2n) is 5.70. The first-order valence-electron chi connectivity index (χ1n) is 7.90. The van der Waals surface area contributed by atoms with Gasteiger partial charge >= 0.3 is 11.8 Å². The Kier molecular flexibility index (Phi) is 6.25. The van der Waals surface area contributed by atoms with Crippen molar-refractivity contribution in [3.8, 4) is 0 Å². The molecule has 2 aromatic rings.